The van der Waals surface area contributed by atoms with Crippen molar-refractivity contribution in [2.45, 2.75) is 19.9 Å². The van der Waals surface area contributed by atoms with Crippen molar-refractivity contribution in [1.82, 2.24) is 9.88 Å². The number of nitrogens with one attached hydrogen (secondary N) is 1. The predicted octanol–water partition coefficient (Wildman–Crippen LogP) is 3.87. The molecule has 0 unspecified atom stereocenters. The summed E-state index contributed by atoms with van der Waals surface area (Å²) in [7, 11) is 1.62. The molecular formula is C22H23N3O2. The molecule has 2 aromatic carbocycles. The lowest BCUT2D eigenvalue weighted by Gasteiger charge is -2.04. The Hall–Kier alpha value is -3.10. The number of rotatable bonds is 7. The number of fused-ring (bicyclic) bond motifs is 3. The Kier molecular flexibility index (Phi) is 5.90. The van der Waals surface area contributed by atoms with E-state index < -0.39 is 0 Å². The van der Waals surface area contributed by atoms with Crippen molar-refractivity contribution in [3.05, 3.63) is 53.6 Å². The zero-order valence-corrected chi connectivity index (χ0v) is 15.7. The first kappa shape index (κ1) is 18.7. The number of benzene rings is 2. The molecule has 27 heavy (non-hydrogen) atoms. The maximum absolute atomic E-state index is 12.2. The van der Waals surface area contributed by atoms with Gasteiger partial charge < -0.3 is 14.6 Å². The summed E-state index contributed by atoms with van der Waals surface area (Å²) in [6.45, 7) is 4.06. The van der Waals surface area contributed by atoms with Crippen molar-refractivity contribution in [3.8, 4) is 6.07 Å². The van der Waals surface area contributed by atoms with E-state index in [2.05, 4.69) is 35.0 Å². The van der Waals surface area contributed by atoms with Crippen LogP contribution in [0.1, 0.15) is 18.9 Å². The number of ether oxygens (including phenoxy) is 1. The Morgan fingerprint density at radius 2 is 2.00 bits per heavy atom. The van der Waals surface area contributed by atoms with Crippen LogP contribution >= 0.6 is 0 Å². The van der Waals surface area contributed by atoms with Gasteiger partial charge in [-0.15, -0.1) is 0 Å². The van der Waals surface area contributed by atoms with Gasteiger partial charge in [0.05, 0.1) is 0 Å². The van der Waals surface area contributed by atoms with E-state index in [1.165, 1.54) is 10.9 Å². The minimum atomic E-state index is -0.357. The van der Waals surface area contributed by atoms with Crippen LogP contribution < -0.4 is 5.32 Å². The summed E-state index contributed by atoms with van der Waals surface area (Å²) in [5.74, 6) is -0.357. The molecule has 1 amide bonds. The number of nitrogens with zero attached hydrogens (tertiary/aromatic N) is 2. The van der Waals surface area contributed by atoms with E-state index >= 15 is 0 Å². The minimum absolute atomic E-state index is 0.103. The van der Waals surface area contributed by atoms with Gasteiger partial charge in [0, 0.05) is 48.6 Å². The Morgan fingerprint density at radius 3 is 2.74 bits per heavy atom. The monoisotopic (exact) mass is 361 g/mol. The third kappa shape index (κ3) is 3.86. The Morgan fingerprint density at radius 1 is 1.22 bits per heavy atom. The molecule has 1 aromatic heterocycles. The molecule has 0 atom stereocenters. The molecule has 0 saturated heterocycles. The van der Waals surface area contributed by atoms with Crippen LogP contribution in [0.15, 0.2) is 48.0 Å². The van der Waals surface area contributed by atoms with Crippen molar-refractivity contribution >= 4 is 33.8 Å². The van der Waals surface area contributed by atoms with E-state index in [4.69, 9.17) is 4.74 Å². The van der Waals surface area contributed by atoms with Gasteiger partial charge in [-0.1, -0.05) is 24.3 Å². The third-order valence-corrected chi connectivity index (χ3v) is 4.60. The first-order valence-corrected chi connectivity index (χ1v) is 9.09. The van der Waals surface area contributed by atoms with E-state index in [1.54, 1.807) is 13.2 Å². The highest BCUT2D eigenvalue weighted by Crippen LogP contribution is 2.30. The van der Waals surface area contributed by atoms with Crippen LogP contribution in [0.3, 0.4) is 0 Å². The highest BCUT2D eigenvalue weighted by atomic mass is 16.5. The molecule has 0 saturated carbocycles. The fraction of sp³-hybridized carbons (Fsp3) is 0.273. The van der Waals surface area contributed by atoms with E-state index in [0.717, 1.165) is 23.0 Å². The number of methoxy groups -OCH3 is 1. The molecule has 0 aliphatic rings. The molecule has 138 valence electrons. The van der Waals surface area contributed by atoms with Gasteiger partial charge in [-0.25, -0.2) is 0 Å². The van der Waals surface area contributed by atoms with Crippen molar-refractivity contribution in [2.75, 3.05) is 20.3 Å². The molecule has 1 heterocycles. The number of aryl methyl sites for hydroxylation is 1. The van der Waals surface area contributed by atoms with Crippen molar-refractivity contribution in [2.24, 2.45) is 0 Å². The first-order chi connectivity index (χ1) is 13.2. The second-order valence-electron chi connectivity index (χ2n) is 6.31. The summed E-state index contributed by atoms with van der Waals surface area (Å²) in [4.78, 5) is 12.2. The lowest BCUT2D eigenvalue weighted by atomic mass is 10.1. The zero-order chi connectivity index (χ0) is 19.2. The quantitative estimate of drug-likeness (QED) is 0.395. The molecule has 0 spiro atoms. The van der Waals surface area contributed by atoms with Crippen LogP contribution in [0, 0.1) is 11.3 Å². The maximum Gasteiger partial charge on any atom is 0.261 e. The van der Waals surface area contributed by atoms with Crippen molar-refractivity contribution in [1.29, 1.82) is 5.26 Å². The molecule has 5 heteroatoms. The van der Waals surface area contributed by atoms with E-state index in [1.807, 2.05) is 30.3 Å². The average molecular weight is 361 g/mol. The molecular weight excluding hydrogens is 338 g/mol. The summed E-state index contributed by atoms with van der Waals surface area (Å²) < 4.78 is 7.23. The average Bonchev–Trinajstić information content (AvgIpc) is 3.02. The maximum atomic E-state index is 12.2. The number of carbonyl (C=O) groups is 1. The van der Waals surface area contributed by atoms with E-state index in [9.17, 15) is 10.1 Å². The van der Waals surface area contributed by atoms with Gasteiger partial charge >= 0.3 is 0 Å². The topological polar surface area (TPSA) is 67.0 Å². The van der Waals surface area contributed by atoms with Crippen LogP contribution in [-0.4, -0.2) is 30.7 Å². The zero-order valence-electron chi connectivity index (χ0n) is 15.7. The standard InChI is InChI=1S/C22H23N3O2/c1-3-25-20-8-5-4-7-18(20)19-14-16(9-10-21(19)25)13-17(15-23)22(26)24-11-6-12-27-2/h4-5,7-10,13-14H,3,6,11-12H2,1-2H3,(H,24,26). The van der Waals surface area contributed by atoms with Crippen LogP contribution in [0.4, 0.5) is 0 Å². The molecule has 3 aromatic rings. The van der Waals surface area contributed by atoms with Crippen LogP contribution in [0.2, 0.25) is 0 Å². The molecule has 0 radical (unpaired) electrons. The Bertz CT molecular complexity index is 1040. The number of amides is 1. The fourth-order valence-corrected chi connectivity index (χ4v) is 3.33. The van der Waals surface area contributed by atoms with Gasteiger partial charge in [0.1, 0.15) is 11.6 Å². The smallest absolute Gasteiger partial charge is 0.261 e. The normalized spacial score (nSPS) is 11.7. The van der Waals surface area contributed by atoms with E-state index in [0.29, 0.717) is 19.6 Å². The predicted molar refractivity (Wildman–Crippen MR) is 108 cm³/mol. The summed E-state index contributed by atoms with van der Waals surface area (Å²) in [6, 6.07) is 16.3. The highest BCUT2D eigenvalue weighted by Gasteiger charge is 2.11. The van der Waals surface area contributed by atoms with Crippen LogP contribution in [-0.2, 0) is 16.1 Å². The minimum Gasteiger partial charge on any atom is -0.385 e. The number of aromatic nitrogens is 1. The van der Waals surface area contributed by atoms with E-state index in [-0.39, 0.29) is 11.5 Å². The molecule has 0 bridgehead atoms. The Balaban J connectivity index is 1.94. The number of hydrogen-bond donors (Lipinski definition) is 1. The molecule has 3 rings (SSSR count). The van der Waals surface area contributed by atoms with Gasteiger partial charge in [-0.05, 0) is 43.2 Å². The number of hydrogen-bond acceptors (Lipinski definition) is 3. The molecule has 0 fully saturated rings. The molecule has 1 N–H and O–H groups in total. The fourth-order valence-electron chi connectivity index (χ4n) is 3.33. The lowest BCUT2D eigenvalue weighted by molar-refractivity contribution is -0.117. The summed E-state index contributed by atoms with van der Waals surface area (Å²) in [5.41, 5.74) is 3.28. The van der Waals surface area contributed by atoms with Gasteiger partial charge in [0.15, 0.2) is 0 Å². The van der Waals surface area contributed by atoms with Crippen molar-refractivity contribution in [3.63, 3.8) is 0 Å². The van der Waals surface area contributed by atoms with Gasteiger partial charge in [0.2, 0.25) is 0 Å². The molecule has 0 aliphatic carbocycles. The van der Waals surface area contributed by atoms with Gasteiger partial charge in [-0.2, -0.15) is 5.26 Å². The largest absolute Gasteiger partial charge is 0.385 e. The van der Waals surface area contributed by atoms with Gasteiger partial charge in [-0.3, -0.25) is 4.79 Å². The number of para-hydroxylation sites is 1. The summed E-state index contributed by atoms with van der Waals surface area (Å²) >= 11 is 0. The first-order valence-electron chi connectivity index (χ1n) is 9.09. The van der Waals surface area contributed by atoms with Crippen LogP contribution in [0.5, 0.6) is 0 Å². The lowest BCUT2D eigenvalue weighted by Crippen LogP contribution is -2.26. The number of carbonyl (C=O) groups excluding carboxylic acids is 1. The van der Waals surface area contributed by atoms with Crippen LogP contribution in [0.25, 0.3) is 27.9 Å². The second-order valence-corrected chi connectivity index (χ2v) is 6.31. The molecule has 5 nitrogen and oxygen atoms in total. The Labute approximate surface area is 158 Å². The van der Waals surface area contributed by atoms with Gasteiger partial charge in [0.25, 0.3) is 5.91 Å². The SMILES string of the molecule is CCn1c2ccccc2c2cc(C=C(C#N)C(=O)NCCCOC)ccc21. The summed E-state index contributed by atoms with van der Waals surface area (Å²) in [5, 5.41) is 14.4. The summed E-state index contributed by atoms with van der Waals surface area (Å²) in [6.07, 6.45) is 2.35. The second kappa shape index (κ2) is 8.52. The third-order valence-electron chi connectivity index (χ3n) is 4.60. The highest BCUT2D eigenvalue weighted by molar-refractivity contribution is 6.09. The number of nitriles is 1. The molecule has 0 aliphatic heterocycles. The van der Waals surface area contributed by atoms with Crippen molar-refractivity contribution < 1.29 is 9.53 Å².